The molecule has 33 heavy (non-hydrogen) atoms. The molecule has 6 nitrogen and oxygen atoms in total. The van der Waals surface area contributed by atoms with Gasteiger partial charge < -0.3 is 10.5 Å². The quantitative estimate of drug-likeness (QED) is 0.583. The average molecular weight is 444 g/mol. The number of aliphatic imine (C=N–C) groups is 1. The van der Waals surface area contributed by atoms with Gasteiger partial charge in [0, 0.05) is 24.6 Å². The second kappa shape index (κ2) is 7.41. The van der Waals surface area contributed by atoms with E-state index in [1.54, 1.807) is 36.4 Å². The molecule has 0 aliphatic carbocycles. The molecular weight excluding hydrogens is 426 g/mol. The van der Waals surface area contributed by atoms with Gasteiger partial charge in [0.25, 0.3) is 5.91 Å². The van der Waals surface area contributed by atoms with Crippen LogP contribution in [-0.4, -0.2) is 23.8 Å². The summed E-state index contributed by atoms with van der Waals surface area (Å²) in [5.41, 5.74) is 7.08. The van der Waals surface area contributed by atoms with Crippen molar-refractivity contribution >= 4 is 17.6 Å². The molecule has 2 atom stereocenters. The third-order valence-electron chi connectivity index (χ3n) is 6.12. The monoisotopic (exact) mass is 444 g/mol. The van der Waals surface area contributed by atoms with E-state index in [9.17, 15) is 13.6 Å². The van der Waals surface area contributed by atoms with Crippen molar-refractivity contribution in [3.8, 4) is 16.9 Å². The van der Waals surface area contributed by atoms with Crippen LogP contribution in [0.3, 0.4) is 0 Å². The molecular formula is C25H18F2N4O2. The number of ether oxygens (including phenoxy) is 1. The number of halogens is 2. The van der Waals surface area contributed by atoms with Crippen LogP contribution in [0, 0.1) is 18.2 Å². The van der Waals surface area contributed by atoms with Gasteiger partial charge in [-0.25, -0.2) is 18.6 Å². The molecule has 0 aromatic heterocycles. The summed E-state index contributed by atoms with van der Waals surface area (Å²) < 4.78 is 34.6. The first-order chi connectivity index (χ1) is 15.8. The fraction of sp³-hybridized carbons (Fsp3) is 0.160. The fourth-order valence-corrected chi connectivity index (χ4v) is 4.41. The van der Waals surface area contributed by atoms with E-state index in [2.05, 4.69) is 9.84 Å². The van der Waals surface area contributed by atoms with Crippen LogP contribution in [0.1, 0.15) is 23.7 Å². The van der Waals surface area contributed by atoms with Crippen LogP contribution < -0.4 is 10.5 Å². The lowest BCUT2D eigenvalue weighted by atomic mass is 9.79. The minimum atomic E-state index is -1.44. The summed E-state index contributed by atoms with van der Waals surface area (Å²) in [4.78, 5) is 22.6. The maximum absolute atomic E-state index is 14.6. The summed E-state index contributed by atoms with van der Waals surface area (Å²) in [6.45, 7) is 7.26. The zero-order valence-electron chi connectivity index (χ0n) is 17.5. The zero-order chi connectivity index (χ0) is 23.3. The Bertz CT molecular complexity index is 1380. The Kier molecular flexibility index (Phi) is 4.64. The van der Waals surface area contributed by atoms with Crippen LogP contribution in [0.25, 0.3) is 16.0 Å². The van der Waals surface area contributed by atoms with Gasteiger partial charge in [0.2, 0.25) is 0 Å². The number of fused-ring (bicyclic) bond motifs is 2. The van der Waals surface area contributed by atoms with Gasteiger partial charge in [-0.05, 0) is 35.4 Å². The Morgan fingerprint density at radius 2 is 1.91 bits per heavy atom. The maximum Gasteiger partial charge on any atom is 0.261 e. The van der Waals surface area contributed by atoms with E-state index < -0.39 is 23.3 Å². The second-order valence-electron chi connectivity index (χ2n) is 8.02. The standard InChI is InChI=1S/C25H18F2N4O2/c1-29-16-6-3-5-14(11-16)15-9-10-20-18(12-15)25(23(32)31(2)24(28)30-25)13-21(33-20)17-7-4-8-19(26)22(17)27/h3-12,21H,13H2,2H3,(H2,28,30). The van der Waals surface area contributed by atoms with E-state index in [1.165, 1.54) is 24.1 Å². The zero-order valence-corrected chi connectivity index (χ0v) is 17.5. The van der Waals surface area contributed by atoms with E-state index in [1.807, 2.05) is 6.07 Å². The Morgan fingerprint density at radius 3 is 2.64 bits per heavy atom. The minimum absolute atomic E-state index is 0.00462. The van der Waals surface area contributed by atoms with Gasteiger partial charge in [-0.3, -0.25) is 9.69 Å². The number of likely N-dealkylation sites (N-methyl/N-ethyl adjacent to an activating group) is 1. The molecule has 0 bridgehead atoms. The first kappa shape index (κ1) is 20.6. The molecule has 1 spiro atoms. The highest BCUT2D eigenvalue weighted by Gasteiger charge is 2.54. The molecule has 2 aliphatic heterocycles. The van der Waals surface area contributed by atoms with Crippen LogP contribution in [0.5, 0.6) is 5.75 Å². The largest absolute Gasteiger partial charge is 0.485 e. The van der Waals surface area contributed by atoms with E-state index in [0.29, 0.717) is 17.0 Å². The van der Waals surface area contributed by atoms with Crippen molar-refractivity contribution in [2.24, 2.45) is 10.7 Å². The molecule has 5 rings (SSSR count). The van der Waals surface area contributed by atoms with Crippen molar-refractivity contribution in [3.05, 3.63) is 94.8 Å². The SMILES string of the molecule is [C-]#[N+]c1cccc(-c2ccc3c(c2)C2(CC(c4cccc(F)c4F)O3)N=C(N)N(C)C2=O)c1. The predicted octanol–water partition coefficient (Wildman–Crippen LogP) is 4.69. The Labute approximate surface area is 188 Å². The fourth-order valence-electron chi connectivity index (χ4n) is 4.41. The lowest BCUT2D eigenvalue weighted by Crippen LogP contribution is -2.43. The van der Waals surface area contributed by atoms with Crippen LogP contribution >= 0.6 is 0 Å². The summed E-state index contributed by atoms with van der Waals surface area (Å²) in [6.07, 6.45) is -0.994. The summed E-state index contributed by atoms with van der Waals surface area (Å²) in [5, 5.41) is 0. The van der Waals surface area contributed by atoms with Gasteiger partial charge in [-0.1, -0.05) is 36.4 Å². The average Bonchev–Trinajstić information content (AvgIpc) is 3.04. The highest BCUT2D eigenvalue weighted by atomic mass is 19.2. The van der Waals surface area contributed by atoms with Crippen molar-refractivity contribution in [3.63, 3.8) is 0 Å². The molecule has 0 radical (unpaired) electrons. The van der Waals surface area contributed by atoms with Crippen LogP contribution in [0.15, 0.2) is 65.7 Å². The highest BCUT2D eigenvalue weighted by Crippen LogP contribution is 2.51. The maximum atomic E-state index is 14.6. The van der Waals surface area contributed by atoms with Crippen LogP contribution in [-0.2, 0) is 10.3 Å². The third-order valence-corrected chi connectivity index (χ3v) is 6.12. The van der Waals surface area contributed by atoms with Gasteiger partial charge in [0.05, 0.1) is 6.57 Å². The smallest absolute Gasteiger partial charge is 0.261 e. The Hall–Kier alpha value is -4.25. The van der Waals surface area contributed by atoms with Crippen LogP contribution in [0.2, 0.25) is 0 Å². The van der Waals surface area contributed by atoms with E-state index in [-0.39, 0.29) is 23.9 Å². The molecule has 0 saturated heterocycles. The van der Waals surface area contributed by atoms with Crippen molar-refractivity contribution < 1.29 is 18.3 Å². The Morgan fingerprint density at radius 1 is 1.15 bits per heavy atom. The van der Waals surface area contributed by atoms with Gasteiger partial charge in [-0.15, -0.1) is 0 Å². The molecule has 2 N–H and O–H groups in total. The van der Waals surface area contributed by atoms with Crippen molar-refractivity contribution in [2.75, 3.05) is 7.05 Å². The number of hydrogen-bond acceptors (Lipinski definition) is 4. The topological polar surface area (TPSA) is 72.3 Å². The number of nitrogens with two attached hydrogens (primary N) is 1. The molecule has 164 valence electrons. The number of guanidine groups is 1. The third kappa shape index (κ3) is 3.12. The lowest BCUT2D eigenvalue weighted by molar-refractivity contribution is -0.132. The molecule has 0 saturated carbocycles. The van der Waals surface area contributed by atoms with E-state index in [0.717, 1.165) is 17.2 Å². The lowest BCUT2D eigenvalue weighted by Gasteiger charge is -2.37. The first-order valence-corrected chi connectivity index (χ1v) is 10.2. The number of carbonyl (C=O) groups is 1. The highest BCUT2D eigenvalue weighted by molar-refractivity contribution is 6.07. The summed E-state index contributed by atoms with van der Waals surface area (Å²) in [6, 6.07) is 16.2. The molecule has 8 heteroatoms. The van der Waals surface area contributed by atoms with Gasteiger partial charge >= 0.3 is 0 Å². The van der Waals surface area contributed by atoms with E-state index in [4.69, 9.17) is 17.0 Å². The number of nitrogens with zero attached hydrogens (tertiary/aromatic N) is 3. The predicted molar refractivity (Wildman–Crippen MR) is 119 cm³/mol. The number of amides is 1. The molecule has 2 unspecified atom stereocenters. The van der Waals surface area contributed by atoms with Gasteiger partial charge in [0.15, 0.2) is 28.8 Å². The summed E-state index contributed by atoms with van der Waals surface area (Å²) >= 11 is 0. The number of hydrogen-bond donors (Lipinski definition) is 1. The molecule has 2 heterocycles. The molecule has 0 fully saturated rings. The van der Waals surface area contributed by atoms with E-state index >= 15 is 0 Å². The minimum Gasteiger partial charge on any atom is -0.485 e. The van der Waals surface area contributed by atoms with Gasteiger partial charge in [0.1, 0.15) is 11.9 Å². The van der Waals surface area contributed by atoms with Crippen LogP contribution in [0.4, 0.5) is 14.5 Å². The number of benzene rings is 3. The normalized spacial score (nSPS) is 21.4. The van der Waals surface area contributed by atoms with Crippen molar-refractivity contribution in [2.45, 2.75) is 18.1 Å². The molecule has 3 aromatic carbocycles. The number of rotatable bonds is 2. The van der Waals surface area contributed by atoms with Crippen molar-refractivity contribution in [1.82, 2.24) is 4.90 Å². The molecule has 1 amide bonds. The Balaban J connectivity index is 1.69. The second-order valence-corrected chi connectivity index (χ2v) is 8.02. The number of carbonyl (C=O) groups excluding carboxylic acids is 1. The van der Waals surface area contributed by atoms with Crippen molar-refractivity contribution in [1.29, 1.82) is 0 Å². The first-order valence-electron chi connectivity index (χ1n) is 10.2. The molecule has 2 aliphatic rings. The van der Waals surface area contributed by atoms with Gasteiger partial charge in [-0.2, -0.15) is 0 Å². The summed E-state index contributed by atoms with van der Waals surface area (Å²) in [7, 11) is 1.52. The molecule has 3 aromatic rings. The summed E-state index contributed by atoms with van der Waals surface area (Å²) in [5.74, 6) is -2.03.